The van der Waals surface area contributed by atoms with Gasteiger partial charge in [-0.2, -0.15) is 8.42 Å². The second-order valence-corrected chi connectivity index (χ2v) is 5.56. The lowest BCUT2D eigenvalue weighted by Gasteiger charge is -2.08. The zero-order chi connectivity index (χ0) is 12.6. The Morgan fingerprint density at radius 3 is 2.47 bits per heavy atom. The van der Waals surface area contributed by atoms with Crippen LogP contribution in [0.3, 0.4) is 0 Å². The van der Waals surface area contributed by atoms with Gasteiger partial charge in [-0.15, -0.1) is 0 Å². The minimum atomic E-state index is -4.14. The van der Waals surface area contributed by atoms with Crippen LogP contribution in [0.5, 0.6) is 0 Å². The van der Waals surface area contributed by atoms with Gasteiger partial charge in [-0.1, -0.05) is 30.7 Å². The van der Waals surface area contributed by atoms with Gasteiger partial charge in [0.1, 0.15) is 0 Å². The van der Waals surface area contributed by atoms with Crippen LogP contribution in [0.15, 0.2) is 35.2 Å². The van der Waals surface area contributed by atoms with E-state index in [2.05, 4.69) is 0 Å². The molecule has 0 radical (unpaired) electrons. The standard InChI is InChI=1S/C13H14O3S/c1-3-10-7-12(17(14,15)16)8-11-5-4-9(2)6-13(10)11/h4-8H,3H2,1-2H3,(H,14,15,16). The van der Waals surface area contributed by atoms with E-state index in [1.54, 1.807) is 0 Å². The molecule has 90 valence electrons. The maximum atomic E-state index is 11.2. The van der Waals surface area contributed by atoms with Crippen LogP contribution in [0, 0.1) is 6.92 Å². The predicted octanol–water partition coefficient (Wildman–Crippen LogP) is 2.96. The van der Waals surface area contributed by atoms with E-state index in [-0.39, 0.29) is 4.90 Å². The van der Waals surface area contributed by atoms with Crippen molar-refractivity contribution in [3.63, 3.8) is 0 Å². The van der Waals surface area contributed by atoms with Crippen LogP contribution in [0.1, 0.15) is 18.1 Å². The SMILES string of the molecule is CCc1cc(S(=O)(=O)O)cc2ccc(C)cc12. The van der Waals surface area contributed by atoms with Crippen molar-refractivity contribution >= 4 is 20.9 Å². The van der Waals surface area contributed by atoms with Gasteiger partial charge in [0, 0.05) is 0 Å². The molecule has 0 aliphatic heterocycles. The Morgan fingerprint density at radius 2 is 1.88 bits per heavy atom. The molecule has 0 aromatic heterocycles. The fourth-order valence-corrected chi connectivity index (χ4v) is 2.53. The van der Waals surface area contributed by atoms with Crippen LogP contribution in [0.4, 0.5) is 0 Å². The third-order valence-corrected chi connectivity index (χ3v) is 3.68. The van der Waals surface area contributed by atoms with Crippen molar-refractivity contribution in [3.8, 4) is 0 Å². The summed E-state index contributed by atoms with van der Waals surface area (Å²) in [6.07, 6.45) is 0.726. The van der Waals surface area contributed by atoms with Crippen LogP contribution in [-0.2, 0) is 16.5 Å². The molecule has 0 aliphatic rings. The second-order valence-electron chi connectivity index (χ2n) is 4.14. The van der Waals surface area contributed by atoms with Crippen LogP contribution in [0.25, 0.3) is 10.8 Å². The largest absolute Gasteiger partial charge is 0.294 e. The molecule has 0 unspecified atom stereocenters. The van der Waals surface area contributed by atoms with Crippen molar-refractivity contribution in [2.24, 2.45) is 0 Å². The molecule has 0 spiro atoms. The molecule has 0 fully saturated rings. The minimum absolute atomic E-state index is 0.0364. The van der Waals surface area contributed by atoms with Crippen molar-refractivity contribution in [1.82, 2.24) is 0 Å². The van der Waals surface area contributed by atoms with Gasteiger partial charge in [0.05, 0.1) is 4.90 Å². The molecule has 2 aromatic rings. The number of aryl methyl sites for hydroxylation is 2. The van der Waals surface area contributed by atoms with Crippen LogP contribution < -0.4 is 0 Å². The molecular formula is C13H14O3S. The lowest BCUT2D eigenvalue weighted by molar-refractivity contribution is 0.483. The Labute approximate surface area is 101 Å². The van der Waals surface area contributed by atoms with Crippen molar-refractivity contribution in [2.75, 3.05) is 0 Å². The number of fused-ring (bicyclic) bond motifs is 1. The highest BCUT2D eigenvalue weighted by Crippen LogP contribution is 2.25. The summed E-state index contributed by atoms with van der Waals surface area (Å²) in [6.45, 7) is 3.96. The Bertz CT molecular complexity index is 672. The highest BCUT2D eigenvalue weighted by molar-refractivity contribution is 7.85. The zero-order valence-electron chi connectivity index (χ0n) is 9.77. The van der Waals surface area contributed by atoms with E-state index in [0.29, 0.717) is 0 Å². The molecular weight excluding hydrogens is 236 g/mol. The first-order chi connectivity index (χ1) is 7.91. The summed E-state index contributed by atoms with van der Waals surface area (Å²) in [7, 11) is -4.14. The molecule has 17 heavy (non-hydrogen) atoms. The Hall–Kier alpha value is -1.39. The van der Waals surface area contributed by atoms with Crippen LogP contribution >= 0.6 is 0 Å². The first-order valence-corrected chi connectivity index (χ1v) is 6.86. The fourth-order valence-electron chi connectivity index (χ4n) is 1.96. The average molecular weight is 250 g/mol. The third-order valence-electron chi connectivity index (χ3n) is 2.85. The topological polar surface area (TPSA) is 54.4 Å². The van der Waals surface area contributed by atoms with E-state index < -0.39 is 10.1 Å². The molecule has 0 amide bonds. The Balaban J connectivity index is 2.84. The van der Waals surface area contributed by atoms with Crippen molar-refractivity contribution < 1.29 is 13.0 Å². The van der Waals surface area contributed by atoms with E-state index in [9.17, 15) is 8.42 Å². The first-order valence-electron chi connectivity index (χ1n) is 5.42. The van der Waals surface area contributed by atoms with Crippen molar-refractivity contribution in [3.05, 3.63) is 41.5 Å². The van der Waals surface area contributed by atoms with E-state index in [0.717, 1.165) is 28.3 Å². The van der Waals surface area contributed by atoms with Gasteiger partial charge in [-0.05, 0) is 41.8 Å². The van der Waals surface area contributed by atoms with Crippen molar-refractivity contribution in [1.29, 1.82) is 0 Å². The molecule has 0 atom stereocenters. The fraction of sp³-hybridized carbons (Fsp3) is 0.231. The van der Waals surface area contributed by atoms with Gasteiger partial charge in [-0.3, -0.25) is 4.55 Å². The smallest absolute Gasteiger partial charge is 0.282 e. The lowest BCUT2D eigenvalue weighted by Crippen LogP contribution is -1.99. The van der Waals surface area contributed by atoms with E-state index >= 15 is 0 Å². The third kappa shape index (κ3) is 2.33. The molecule has 0 saturated carbocycles. The van der Waals surface area contributed by atoms with Gasteiger partial charge in [0.2, 0.25) is 0 Å². The van der Waals surface area contributed by atoms with Gasteiger partial charge < -0.3 is 0 Å². The predicted molar refractivity (Wildman–Crippen MR) is 67.9 cm³/mol. The number of rotatable bonds is 2. The Morgan fingerprint density at radius 1 is 1.18 bits per heavy atom. The van der Waals surface area contributed by atoms with Crippen molar-refractivity contribution in [2.45, 2.75) is 25.2 Å². The summed E-state index contributed by atoms with van der Waals surface area (Å²) in [5, 5.41) is 1.88. The summed E-state index contributed by atoms with van der Waals surface area (Å²) in [6, 6.07) is 8.87. The van der Waals surface area contributed by atoms with Gasteiger partial charge in [-0.25, -0.2) is 0 Å². The second kappa shape index (κ2) is 4.13. The van der Waals surface area contributed by atoms with Gasteiger partial charge in [0.25, 0.3) is 10.1 Å². The zero-order valence-corrected chi connectivity index (χ0v) is 10.6. The molecule has 0 aliphatic carbocycles. The Kier molecular flexibility index (Phi) is 2.93. The molecule has 0 saturated heterocycles. The van der Waals surface area contributed by atoms with E-state index in [4.69, 9.17) is 4.55 Å². The molecule has 3 nitrogen and oxygen atoms in total. The molecule has 0 heterocycles. The molecule has 1 N–H and O–H groups in total. The number of hydrogen-bond acceptors (Lipinski definition) is 2. The summed E-state index contributed by atoms with van der Waals surface area (Å²) in [5.41, 5.74) is 2.06. The number of benzene rings is 2. The van der Waals surface area contributed by atoms with Crippen LogP contribution in [-0.4, -0.2) is 13.0 Å². The summed E-state index contributed by atoms with van der Waals surface area (Å²) in [5.74, 6) is 0. The lowest BCUT2D eigenvalue weighted by atomic mass is 10.0. The number of hydrogen-bond donors (Lipinski definition) is 1. The highest BCUT2D eigenvalue weighted by atomic mass is 32.2. The molecule has 2 aromatic carbocycles. The summed E-state index contributed by atoms with van der Waals surface area (Å²) >= 11 is 0. The average Bonchev–Trinajstić information content (AvgIpc) is 2.26. The van der Waals surface area contributed by atoms with Gasteiger partial charge >= 0.3 is 0 Å². The summed E-state index contributed by atoms with van der Waals surface area (Å²) in [4.78, 5) is -0.0364. The van der Waals surface area contributed by atoms with E-state index in [1.807, 2.05) is 32.0 Å². The normalized spacial score (nSPS) is 11.9. The molecule has 0 bridgehead atoms. The van der Waals surface area contributed by atoms with Gasteiger partial charge in [0.15, 0.2) is 0 Å². The first kappa shape index (κ1) is 12.1. The quantitative estimate of drug-likeness (QED) is 0.834. The minimum Gasteiger partial charge on any atom is -0.282 e. The highest BCUT2D eigenvalue weighted by Gasteiger charge is 2.12. The molecule has 2 rings (SSSR count). The van der Waals surface area contributed by atoms with Crippen LogP contribution in [0.2, 0.25) is 0 Å². The van der Waals surface area contributed by atoms with E-state index in [1.165, 1.54) is 12.1 Å². The maximum absolute atomic E-state index is 11.2. The summed E-state index contributed by atoms with van der Waals surface area (Å²) < 4.78 is 31.4. The monoisotopic (exact) mass is 250 g/mol. The maximum Gasteiger partial charge on any atom is 0.294 e. The molecule has 4 heteroatoms.